The van der Waals surface area contributed by atoms with E-state index < -0.39 is 30.2 Å². The SMILES string of the molecule is NN=Cc1ccc(N2CCC(NC(=O)NCCC(=O)O)C2=O)cc1.O=C(O)C(F)(F)F. The molecule has 31 heavy (non-hydrogen) atoms. The number of alkyl halides is 3. The number of hydrogen-bond donors (Lipinski definition) is 5. The minimum atomic E-state index is -5.08. The van der Waals surface area contributed by atoms with E-state index in [2.05, 4.69) is 15.7 Å². The van der Waals surface area contributed by atoms with E-state index >= 15 is 0 Å². The van der Waals surface area contributed by atoms with E-state index in [4.69, 9.17) is 20.9 Å². The zero-order valence-corrected chi connectivity index (χ0v) is 15.9. The highest BCUT2D eigenvalue weighted by molar-refractivity contribution is 6.01. The van der Waals surface area contributed by atoms with Crippen molar-refractivity contribution in [3.63, 3.8) is 0 Å². The number of carbonyl (C=O) groups is 4. The zero-order chi connectivity index (χ0) is 23.6. The van der Waals surface area contributed by atoms with Crippen LogP contribution in [-0.4, -0.2) is 65.6 Å². The van der Waals surface area contributed by atoms with Gasteiger partial charge in [0.15, 0.2) is 0 Å². The molecule has 0 aliphatic carbocycles. The van der Waals surface area contributed by atoms with Crippen molar-refractivity contribution in [2.45, 2.75) is 25.1 Å². The summed E-state index contributed by atoms with van der Waals surface area (Å²) in [6.45, 7) is 0.499. The van der Waals surface area contributed by atoms with Gasteiger partial charge in [0, 0.05) is 18.8 Å². The number of hydrogen-bond acceptors (Lipinski definition) is 6. The number of urea groups is 1. The molecule has 3 amide bonds. The van der Waals surface area contributed by atoms with Gasteiger partial charge in [0.25, 0.3) is 0 Å². The third-order valence-electron chi connectivity index (χ3n) is 3.81. The van der Waals surface area contributed by atoms with Crippen LogP contribution in [0.15, 0.2) is 29.4 Å². The van der Waals surface area contributed by atoms with Crippen LogP contribution in [0.4, 0.5) is 23.7 Å². The summed E-state index contributed by atoms with van der Waals surface area (Å²) in [4.78, 5) is 44.9. The Morgan fingerprint density at radius 1 is 1.23 bits per heavy atom. The number of halogens is 3. The summed E-state index contributed by atoms with van der Waals surface area (Å²) in [6, 6.07) is 5.97. The average molecular weight is 447 g/mol. The summed E-state index contributed by atoms with van der Waals surface area (Å²) in [5, 5.41) is 24.0. The lowest BCUT2D eigenvalue weighted by molar-refractivity contribution is -0.192. The Labute approximate surface area is 173 Å². The molecule has 11 nitrogen and oxygen atoms in total. The minimum Gasteiger partial charge on any atom is -0.481 e. The molecule has 1 atom stereocenters. The molecule has 1 aromatic rings. The third-order valence-corrected chi connectivity index (χ3v) is 3.81. The first-order valence-electron chi connectivity index (χ1n) is 8.66. The molecular weight excluding hydrogens is 427 g/mol. The van der Waals surface area contributed by atoms with E-state index in [0.717, 1.165) is 11.3 Å². The van der Waals surface area contributed by atoms with E-state index in [1.807, 2.05) is 0 Å². The second kappa shape index (κ2) is 11.4. The van der Waals surface area contributed by atoms with Gasteiger partial charge in [0.2, 0.25) is 5.91 Å². The standard InChI is InChI=1S/C15H19N5O4.C2HF3O2/c16-18-9-10-1-3-11(4-2-10)20-8-6-12(14(20)23)19-15(24)17-7-5-13(21)22;3-2(4,5)1(6)7/h1-4,9,12H,5-8,16H2,(H,21,22)(H2,17,19,24);(H,6,7). The van der Waals surface area contributed by atoms with Gasteiger partial charge in [-0.15, -0.1) is 0 Å². The Hall–Kier alpha value is -3.84. The molecule has 1 fully saturated rings. The summed E-state index contributed by atoms with van der Waals surface area (Å²) in [5.41, 5.74) is 1.55. The van der Waals surface area contributed by atoms with E-state index in [1.165, 1.54) is 6.21 Å². The number of anilines is 1. The number of hydrazone groups is 1. The number of carboxylic acids is 2. The molecule has 0 bridgehead atoms. The molecule has 170 valence electrons. The number of nitrogens with one attached hydrogen (secondary N) is 2. The second-order valence-corrected chi connectivity index (χ2v) is 6.05. The zero-order valence-electron chi connectivity index (χ0n) is 15.9. The molecule has 0 aromatic heterocycles. The van der Waals surface area contributed by atoms with Crippen molar-refractivity contribution in [3.8, 4) is 0 Å². The highest BCUT2D eigenvalue weighted by atomic mass is 19.4. The van der Waals surface area contributed by atoms with Crippen molar-refractivity contribution >= 4 is 35.8 Å². The Morgan fingerprint density at radius 2 is 1.81 bits per heavy atom. The lowest BCUT2D eigenvalue weighted by atomic mass is 10.2. The van der Waals surface area contributed by atoms with Gasteiger partial charge in [-0.1, -0.05) is 12.1 Å². The monoisotopic (exact) mass is 447 g/mol. The first kappa shape index (κ1) is 25.2. The fourth-order valence-corrected chi connectivity index (χ4v) is 2.39. The Bertz CT molecular complexity index is 829. The van der Waals surface area contributed by atoms with E-state index in [1.54, 1.807) is 29.2 Å². The molecule has 6 N–H and O–H groups in total. The normalized spacial score (nSPS) is 15.9. The van der Waals surface area contributed by atoms with E-state index in [0.29, 0.717) is 13.0 Å². The second-order valence-electron chi connectivity index (χ2n) is 6.05. The fourth-order valence-electron chi connectivity index (χ4n) is 2.39. The van der Waals surface area contributed by atoms with Crippen LogP contribution >= 0.6 is 0 Å². The van der Waals surface area contributed by atoms with Crippen LogP contribution in [0.5, 0.6) is 0 Å². The van der Waals surface area contributed by atoms with E-state index in [-0.39, 0.29) is 18.9 Å². The quantitative estimate of drug-likeness (QED) is 0.240. The molecule has 1 heterocycles. The summed E-state index contributed by atoms with van der Waals surface area (Å²) in [5.74, 6) is 1.12. The van der Waals surface area contributed by atoms with Crippen LogP contribution in [0, 0.1) is 0 Å². The van der Waals surface area contributed by atoms with Crippen molar-refractivity contribution in [1.82, 2.24) is 10.6 Å². The molecule has 0 spiro atoms. The molecule has 0 radical (unpaired) electrons. The van der Waals surface area contributed by atoms with Gasteiger partial charge in [-0.2, -0.15) is 18.3 Å². The predicted molar refractivity (Wildman–Crippen MR) is 101 cm³/mol. The maximum atomic E-state index is 12.4. The number of nitrogens with zero attached hydrogens (tertiary/aromatic N) is 2. The average Bonchev–Trinajstić information content (AvgIpc) is 3.02. The number of benzene rings is 1. The number of rotatable bonds is 6. The number of carbonyl (C=O) groups excluding carboxylic acids is 2. The Kier molecular flexibility index (Phi) is 9.24. The van der Waals surface area contributed by atoms with E-state index in [9.17, 15) is 27.6 Å². The molecule has 1 aromatic carbocycles. The topological polar surface area (TPSA) is 174 Å². The van der Waals surface area contributed by atoms with Gasteiger partial charge >= 0.3 is 24.1 Å². The van der Waals surface area contributed by atoms with Crippen molar-refractivity contribution < 1.29 is 42.6 Å². The van der Waals surface area contributed by atoms with Crippen LogP contribution in [0.2, 0.25) is 0 Å². The van der Waals surface area contributed by atoms with Crippen molar-refractivity contribution in [3.05, 3.63) is 29.8 Å². The smallest absolute Gasteiger partial charge is 0.481 e. The van der Waals surface area contributed by atoms with Crippen LogP contribution in [0.25, 0.3) is 0 Å². The molecule has 2 rings (SSSR count). The Balaban J connectivity index is 0.000000592. The summed E-state index contributed by atoms with van der Waals surface area (Å²) < 4.78 is 31.7. The number of nitrogens with two attached hydrogens (primary N) is 1. The number of amides is 3. The summed E-state index contributed by atoms with van der Waals surface area (Å²) in [7, 11) is 0. The third kappa shape index (κ3) is 8.59. The Morgan fingerprint density at radius 3 is 2.29 bits per heavy atom. The highest BCUT2D eigenvalue weighted by Gasteiger charge is 2.38. The van der Waals surface area contributed by atoms with Gasteiger partial charge in [-0.3, -0.25) is 9.59 Å². The highest BCUT2D eigenvalue weighted by Crippen LogP contribution is 2.21. The van der Waals surface area contributed by atoms with Crippen molar-refractivity contribution in [2.24, 2.45) is 10.9 Å². The number of carboxylic acid groups (broad SMARTS) is 2. The molecule has 14 heteroatoms. The fraction of sp³-hybridized carbons (Fsp3) is 0.353. The van der Waals surface area contributed by atoms with Crippen LogP contribution in [-0.2, 0) is 14.4 Å². The molecular formula is C17H20F3N5O6. The maximum Gasteiger partial charge on any atom is 0.490 e. The summed E-state index contributed by atoms with van der Waals surface area (Å²) >= 11 is 0. The molecule has 1 saturated heterocycles. The molecule has 1 unspecified atom stereocenters. The first-order chi connectivity index (χ1) is 14.5. The summed E-state index contributed by atoms with van der Waals surface area (Å²) in [6.07, 6.45) is -3.27. The maximum absolute atomic E-state index is 12.4. The van der Waals surface area contributed by atoms with Gasteiger partial charge < -0.3 is 31.6 Å². The van der Waals surface area contributed by atoms with Gasteiger partial charge in [-0.05, 0) is 24.1 Å². The number of aliphatic carboxylic acids is 2. The van der Waals surface area contributed by atoms with Crippen molar-refractivity contribution in [2.75, 3.05) is 18.0 Å². The van der Waals surface area contributed by atoms with Gasteiger partial charge in [0.05, 0.1) is 12.6 Å². The predicted octanol–water partition coefficient (Wildman–Crippen LogP) is 0.492. The molecule has 1 aliphatic rings. The minimum absolute atomic E-state index is 0.00987. The lowest BCUT2D eigenvalue weighted by Crippen LogP contribution is -2.46. The van der Waals surface area contributed by atoms with Crippen molar-refractivity contribution in [1.29, 1.82) is 0 Å². The molecule has 1 aliphatic heterocycles. The lowest BCUT2D eigenvalue weighted by Gasteiger charge is -2.17. The van der Waals surface area contributed by atoms with Crippen LogP contribution < -0.4 is 21.4 Å². The molecule has 0 saturated carbocycles. The van der Waals surface area contributed by atoms with Crippen LogP contribution in [0.3, 0.4) is 0 Å². The van der Waals surface area contributed by atoms with Gasteiger partial charge in [-0.25, -0.2) is 9.59 Å². The first-order valence-corrected chi connectivity index (χ1v) is 8.66. The van der Waals surface area contributed by atoms with Crippen LogP contribution in [0.1, 0.15) is 18.4 Å². The largest absolute Gasteiger partial charge is 0.490 e. The van der Waals surface area contributed by atoms with Gasteiger partial charge in [0.1, 0.15) is 6.04 Å².